The van der Waals surface area contributed by atoms with E-state index in [4.69, 9.17) is 9.15 Å². The van der Waals surface area contributed by atoms with Gasteiger partial charge in [0.05, 0.1) is 24.0 Å². The number of benzene rings is 1. The number of nitrogens with zero attached hydrogens (tertiary/aromatic N) is 1. The second-order valence-corrected chi connectivity index (χ2v) is 6.08. The first-order valence-electron chi connectivity index (χ1n) is 7.06. The topological polar surface area (TPSA) is 42.7 Å². The molecular formula is C17H17NO3S. The van der Waals surface area contributed by atoms with E-state index >= 15 is 0 Å². The Morgan fingerprint density at radius 2 is 2.18 bits per heavy atom. The highest BCUT2D eigenvalue weighted by Crippen LogP contribution is 2.26. The van der Waals surface area contributed by atoms with Crippen LogP contribution in [0.3, 0.4) is 0 Å². The molecule has 1 aromatic carbocycles. The highest BCUT2D eigenvalue weighted by molar-refractivity contribution is 7.20. The van der Waals surface area contributed by atoms with Gasteiger partial charge in [0, 0.05) is 30.5 Å². The van der Waals surface area contributed by atoms with Crippen LogP contribution in [0.2, 0.25) is 0 Å². The molecule has 0 radical (unpaired) electrons. The number of thiophene rings is 1. The van der Waals surface area contributed by atoms with E-state index in [1.165, 1.54) is 11.3 Å². The molecule has 0 aliphatic rings. The van der Waals surface area contributed by atoms with Crippen LogP contribution in [-0.2, 0) is 11.3 Å². The van der Waals surface area contributed by atoms with Crippen LogP contribution in [-0.4, -0.2) is 31.1 Å². The van der Waals surface area contributed by atoms with Gasteiger partial charge >= 0.3 is 0 Å². The van der Waals surface area contributed by atoms with Gasteiger partial charge in [-0.25, -0.2) is 0 Å². The Labute approximate surface area is 132 Å². The van der Waals surface area contributed by atoms with Crippen LogP contribution < -0.4 is 0 Å². The Balaban J connectivity index is 1.83. The second-order valence-electron chi connectivity index (χ2n) is 5.00. The van der Waals surface area contributed by atoms with Crippen molar-refractivity contribution in [1.82, 2.24) is 4.90 Å². The fourth-order valence-electron chi connectivity index (χ4n) is 2.30. The van der Waals surface area contributed by atoms with E-state index in [0.717, 1.165) is 20.5 Å². The molecule has 2 heterocycles. The number of carbonyl (C=O) groups excluding carboxylic acids is 1. The molecule has 5 heteroatoms. The average molecular weight is 315 g/mol. The maximum atomic E-state index is 12.8. The summed E-state index contributed by atoms with van der Waals surface area (Å²) in [6, 6.07) is 11.9. The summed E-state index contributed by atoms with van der Waals surface area (Å²) in [5, 5.41) is 1.10. The molecule has 0 fully saturated rings. The van der Waals surface area contributed by atoms with Crippen LogP contribution in [0, 0.1) is 0 Å². The van der Waals surface area contributed by atoms with E-state index in [1.807, 2.05) is 36.4 Å². The van der Waals surface area contributed by atoms with Crippen LogP contribution >= 0.6 is 11.3 Å². The van der Waals surface area contributed by atoms with Crippen LogP contribution in [0.1, 0.15) is 15.2 Å². The molecule has 22 heavy (non-hydrogen) atoms. The summed E-state index contributed by atoms with van der Waals surface area (Å²) < 4.78 is 11.3. The van der Waals surface area contributed by atoms with Gasteiger partial charge in [-0.1, -0.05) is 18.2 Å². The lowest BCUT2D eigenvalue weighted by atomic mass is 10.2. The van der Waals surface area contributed by atoms with Gasteiger partial charge in [0.2, 0.25) is 0 Å². The minimum absolute atomic E-state index is 0.0273. The molecule has 0 aliphatic carbocycles. The van der Waals surface area contributed by atoms with E-state index in [-0.39, 0.29) is 5.91 Å². The molecule has 2 aromatic heterocycles. The lowest BCUT2D eigenvalue weighted by Gasteiger charge is -2.21. The van der Waals surface area contributed by atoms with Crippen LogP contribution in [0.4, 0.5) is 0 Å². The number of methoxy groups -OCH3 is 1. The van der Waals surface area contributed by atoms with E-state index in [0.29, 0.717) is 19.7 Å². The highest BCUT2D eigenvalue weighted by atomic mass is 32.1. The average Bonchev–Trinajstić information content (AvgIpc) is 3.19. The van der Waals surface area contributed by atoms with Gasteiger partial charge in [0.1, 0.15) is 0 Å². The first kappa shape index (κ1) is 14.8. The number of hydrogen-bond acceptors (Lipinski definition) is 4. The van der Waals surface area contributed by atoms with Crippen LogP contribution in [0.15, 0.2) is 53.3 Å². The summed E-state index contributed by atoms with van der Waals surface area (Å²) in [5.41, 5.74) is 0.977. The molecule has 0 N–H and O–H groups in total. The van der Waals surface area contributed by atoms with Crippen molar-refractivity contribution in [3.05, 3.63) is 59.4 Å². The van der Waals surface area contributed by atoms with E-state index in [9.17, 15) is 4.79 Å². The summed E-state index contributed by atoms with van der Waals surface area (Å²) in [6.07, 6.45) is 3.28. The third-order valence-electron chi connectivity index (χ3n) is 3.44. The largest absolute Gasteiger partial charge is 0.472 e. The number of hydrogen-bond donors (Lipinski definition) is 0. The summed E-state index contributed by atoms with van der Waals surface area (Å²) in [7, 11) is 1.64. The van der Waals surface area contributed by atoms with E-state index in [2.05, 4.69) is 0 Å². The fourth-order valence-corrected chi connectivity index (χ4v) is 3.33. The highest BCUT2D eigenvalue weighted by Gasteiger charge is 2.18. The molecule has 0 atom stereocenters. The van der Waals surface area contributed by atoms with Gasteiger partial charge in [-0.15, -0.1) is 11.3 Å². The van der Waals surface area contributed by atoms with E-state index < -0.39 is 0 Å². The van der Waals surface area contributed by atoms with Gasteiger partial charge in [-0.05, 0) is 23.6 Å². The standard InChI is InChI=1S/C17H17NO3S/c1-20-9-7-18(11-13-6-8-21-12-13)17(19)16-10-14-4-2-3-5-15(14)22-16/h2-6,8,10,12H,7,9,11H2,1H3. The Kier molecular flexibility index (Phi) is 4.56. The third-order valence-corrected chi connectivity index (χ3v) is 4.55. The molecule has 0 unspecified atom stereocenters. The Morgan fingerprint density at radius 3 is 2.91 bits per heavy atom. The molecule has 4 nitrogen and oxygen atoms in total. The Hall–Kier alpha value is -2.11. The minimum Gasteiger partial charge on any atom is -0.472 e. The molecule has 0 spiro atoms. The van der Waals surface area contributed by atoms with Crippen molar-refractivity contribution in [3.63, 3.8) is 0 Å². The van der Waals surface area contributed by atoms with Crippen LogP contribution in [0.5, 0.6) is 0 Å². The molecule has 0 saturated heterocycles. The first-order chi connectivity index (χ1) is 10.8. The first-order valence-corrected chi connectivity index (χ1v) is 7.87. The molecule has 1 amide bonds. The molecule has 0 bridgehead atoms. The van der Waals surface area contributed by atoms with Crippen molar-refractivity contribution in [2.75, 3.05) is 20.3 Å². The summed E-state index contributed by atoms with van der Waals surface area (Å²) >= 11 is 1.52. The van der Waals surface area contributed by atoms with Crippen LogP contribution in [0.25, 0.3) is 10.1 Å². The Bertz CT molecular complexity index is 715. The maximum Gasteiger partial charge on any atom is 0.264 e. The predicted octanol–water partition coefficient (Wildman–Crippen LogP) is 3.78. The summed E-state index contributed by atoms with van der Waals surface area (Å²) in [5.74, 6) is 0.0273. The number of carbonyl (C=O) groups is 1. The molecule has 3 aromatic rings. The van der Waals surface area contributed by atoms with Gasteiger partial charge in [0.25, 0.3) is 5.91 Å². The lowest BCUT2D eigenvalue weighted by Crippen LogP contribution is -2.32. The fraction of sp³-hybridized carbons (Fsp3) is 0.235. The zero-order chi connectivity index (χ0) is 15.4. The smallest absolute Gasteiger partial charge is 0.264 e. The van der Waals surface area contributed by atoms with E-state index in [1.54, 1.807) is 24.5 Å². The summed E-state index contributed by atoms with van der Waals surface area (Å²) in [6.45, 7) is 1.58. The zero-order valence-electron chi connectivity index (χ0n) is 12.3. The van der Waals surface area contributed by atoms with Crippen molar-refractivity contribution in [2.45, 2.75) is 6.54 Å². The SMILES string of the molecule is COCCN(Cc1ccoc1)C(=O)c1cc2ccccc2s1. The van der Waals surface area contributed by atoms with Crippen molar-refractivity contribution >= 4 is 27.3 Å². The van der Waals surface area contributed by atoms with Gasteiger partial charge in [-0.3, -0.25) is 4.79 Å². The normalized spacial score (nSPS) is 11.0. The monoisotopic (exact) mass is 315 g/mol. The molecule has 114 valence electrons. The van der Waals surface area contributed by atoms with Crippen molar-refractivity contribution in [1.29, 1.82) is 0 Å². The second kappa shape index (κ2) is 6.77. The van der Waals surface area contributed by atoms with Gasteiger partial charge in [-0.2, -0.15) is 0 Å². The van der Waals surface area contributed by atoms with Crippen molar-refractivity contribution < 1.29 is 13.9 Å². The number of fused-ring (bicyclic) bond motifs is 1. The minimum atomic E-state index is 0.0273. The predicted molar refractivity (Wildman–Crippen MR) is 87.1 cm³/mol. The maximum absolute atomic E-state index is 12.8. The number of amides is 1. The number of furan rings is 1. The molecular weight excluding hydrogens is 298 g/mol. The Morgan fingerprint density at radius 1 is 1.32 bits per heavy atom. The number of rotatable bonds is 6. The molecule has 0 aliphatic heterocycles. The molecule has 0 saturated carbocycles. The quantitative estimate of drug-likeness (QED) is 0.695. The lowest BCUT2D eigenvalue weighted by molar-refractivity contribution is 0.0685. The summed E-state index contributed by atoms with van der Waals surface area (Å²) in [4.78, 5) is 15.3. The number of ether oxygens (including phenoxy) is 1. The van der Waals surface area contributed by atoms with Crippen molar-refractivity contribution in [3.8, 4) is 0 Å². The molecule has 3 rings (SSSR count). The third kappa shape index (κ3) is 3.21. The zero-order valence-corrected chi connectivity index (χ0v) is 13.1. The van der Waals surface area contributed by atoms with Crippen molar-refractivity contribution in [2.24, 2.45) is 0 Å². The van der Waals surface area contributed by atoms with Gasteiger partial charge in [0.15, 0.2) is 0 Å². The van der Waals surface area contributed by atoms with Gasteiger partial charge < -0.3 is 14.1 Å².